The van der Waals surface area contributed by atoms with E-state index in [4.69, 9.17) is 9.47 Å². The molecule has 0 saturated heterocycles. The van der Waals surface area contributed by atoms with Gasteiger partial charge >= 0.3 is 5.97 Å². The van der Waals surface area contributed by atoms with Crippen molar-refractivity contribution in [3.8, 4) is 0 Å². The molecular formula is C13H27NO3. The Morgan fingerprint density at radius 1 is 1.29 bits per heavy atom. The van der Waals surface area contributed by atoms with Gasteiger partial charge in [-0.3, -0.25) is 4.79 Å². The first kappa shape index (κ1) is 16.4. The van der Waals surface area contributed by atoms with Crippen LogP contribution >= 0.6 is 0 Å². The molecule has 1 unspecified atom stereocenters. The third-order valence-corrected chi connectivity index (χ3v) is 2.77. The molecule has 0 spiro atoms. The van der Waals surface area contributed by atoms with E-state index in [9.17, 15) is 4.79 Å². The molecule has 0 amide bonds. The van der Waals surface area contributed by atoms with Gasteiger partial charge in [0.2, 0.25) is 0 Å². The predicted octanol–water partition coefficient (Wildman–Crippen LogP) is 2.12. The summed E-state index contributed by atoms with van der Waals surface area (Å²) in [5.41, 5.74) is -0.120. The third-order valence-electron chi connectivity index (χ3n) is 2.77. The summed E-state index contributed by atoms with van der Waals surface area (Å²) in [5, 5.41) is 3.12. The van der Waals surface area contributed by atoms with Gasteiger partial charge in [-0.15, -0.1) is 0 Å². The smallest absolute Gasteiger partial charge is 0.323 e. The van der Waals surface area contributed by atoms with Crippen molar-refractivity contribution in [3.63, 3.8) is 0 Å². The highest BCUT2D eigenvalue weighted by Crippen LogP contribution is 2.14. The molecule has 0 rings (SSSR count). The van der Waals surface area contributed by atoms with E-state index in [1.165, 1.54) is 0 Å². The molecule has 4 nitrogen and oxygen atoms in total. The van der Waals surface area contributed by atoms with Gasteiger partial charge in [0.15, 0.2) is 0 Å². The molecule has 0 radical (unpaired) electrons. The van der Waals surface area contributed by atoms with Crippen molar-refractivity contribution in [2.24, 2.45) is 0 Å². The van der Waals surface area contributed by atoms with Crippen molar-refractivity contribution < 1.29 is 14.3 Å². The first-order chi connectivity index (χ1) is 7.96. The Morgan fingerprint density at radius 2 is 1.94 bits per heavy atom. The van der Waals surface area contributed by atoms with Crippen molar-refractivity contribution >= 4 is 5.97 Å². The molecule has 0 saturated carbocycles. The summed E-state index contributed by atoms with van der Waals surface area (Å²) >= 11 is 0. The zero-order valence-electron chi connectivity index (χ0n) is 11.8. The molecule has 1 N–H and O–H groups in total. The molecular weight excluding hydrogens is 218 g/mol. The van der Waals surface area contributed by atoms with Crippen LogP contribution in [0.25, 0.3) is 0 Å². The van der Waals surface area contributed by atoms with Crippen molar-refractivity contribution in [3.05, 3.63) is 0 Å². The third kappa shape index (κ3) is 7.34. The van der Waals surface area contributed by atoms with E-state index in [2.05, 4.69) is 26.1 Å². The first-order valence-electron chi connectivity index (χ1n) is 6.50. The monoisotopic (exact) mass is 245 g/mol. The minimum atomic E-state index is -0.257. The summed E-state index contributed by atoms with van der Waals surface area (Å²) in [6.45, 7) is 11.7. The van der Waals surface area contributed by atoms with Crippen LogP contribution in [0.15, 0.2) is 0 Å². The Hall–Kier alpha value is -0.610. The van der Waals surface area contributed by atoms with E-state index in [1.54, 1.807) is 0 Å². The normalized spacial score (nSPS) is 13.5. The van der Waals surface area contributed by atoms with Crippen molar-refractivity contribution in [1.82, 2.24) is 5.32 Å². The Bertz CT molecular complexity index is 217. The predicted molar refractivity (Wildman–Crippen MR) is 69.0 cm³/mol. The number of rotatable bonds is 9. The Balaban J connectivity index is 4.05. The van der Waals surface area contributed by atoms with Crippen LogP contribution in [0.5, 0.6) is 0 Å². The Kier molecular flexibility index (Phi) is 8.17. The Morgan fingerprint density at radius 3 is 2.41 bits per heavy atom. The molecule has 1 atom stereocenters. The van der Waals surface area contributed by atoms with Gasteiger partial charge in [0.1, 0.15) is 6.04 Å². The van der Waals surface area contributed by atoms with Crippen molar-refractivity contribution in [1.29, 1.82) is 0 Å². The second kappa shape index (κ2) is 8.48. The van der Waals surface area contributed by atoms with Crippen molar-refractivity contribution in [2.45, 2.75) is 59.1 Å². The molecule has 0 heterocycles. The summed E-state index contributed by atoms with van der Waals surface area (Å²) in [5.74, 6) is -0.188. The molecule has 0 aliphatic rings. The quantitative estimate of drug-likeness (QED) is 0.632. The molecule has 0 aliphatic heterocycles. The maximum atomic E-state index is 11.6. The van der Waals surface area contributed by atoms with E-state index < -0.39 is 0 Å². The van der Waals surface area contributed by atoms with E-state index in [-0.39, 0.29) is 17.6 Å². The maximum Gasteiger partial charge on any atom is 0.323 e. The minimum absolute atomic E-state index is 0.120. The number of hydrogen-bond acceptors (Lipinski definition) is 4. The molecule has 0 fully saturated rings. The van der Waals surface area contributed by atoms with E-state index in [0.29, 0.717) is 19.6 Å². The summed E-state index contributed by atoms with van der Waals surface area (Å²) in [7, 11) is 0. The van der Waals surface area contributed by atoms with Gasteiger partial charge in [0.05, 0.1) is 12.2 Å². The van der Waals surface area contributed by atoms with Gasteiger partial charge < -0.3 is 14.8 Å². The number of carbonyl (C=O) groups excluding carboxylic acids is 1. The van der Waals surface area contributed by atoms with Gasteiger partial charge in [0, 0.05) is 6.61 Å². The number of carbonyl (C=O) groups is 1. The number of hydrogen-bond donors (Lipinski definition) is 1. The molecule has 17 heavy (non-hydrogen) atoms. The molecule has 0 aliphatic carbocycles. The SMILES string of the molecule is CCNC(CCOC(C)(C)CC)C(=O)OCC. The van der Waals surface area contributed by atoms with Crippen LogP contribution in [-0.4, -0.2) is 37.4 Å². The topological polar surface area (TPSA) is 47.6 Å². The lowest BCUT2D eigenvalue weighted by Crippen LogP contribution is -2.39. The van der Waals surface area contributed by atoms with Gasteiger partial charge in [-0.1, -0.05) is 13.8 Å². The lowest BCUT2D eigenvalue weighted by molar-refractivity contribution is -0.146. The fourth-order valence-electron chi connectivity index (χ4n) is 1.35. The lowest BCUT2D eigenvalue weighted by atomic mass is 10.1. The van der Waals surface area contributed by atoms with Crippen LogP contribution in [0, 0.1) is 0 Å². The Labute approximate surface area is 105 Å². The van der Waals surface area contributed by atoms with Crippen LogP contribution < -0.4 is 5.32 Å². The van der Waals surface area contributed by atoms with Crippen LogP contribution in [0.4, 0.5) is 0 Å². The molecule has 0 aromatic carbocycles. The second-order valence-corrected chi connectivity index (χ2v) is 4.61. The summed E-state index contributed by atoms with van der Waals surface area (Å²) < 4.78 is 10.7. The molecule has 102 valence electrons. The van der Waals surface area contributed by atoms with Crippen LogP contribution in [-0.2, 0) is 14.3 Å². The fraction of sp³-hybridized carbons (Fsp3) is 0.923. The molecule has 0 aromatic rings. The van der Waals surface area contributed by atoms with E-state index >= 15 is 0 Å². The summed E-state index contributed by atoms with van der Waals surface area (Å²) in [4.78, 5) is 11.6. The van der Waals surface area contributed by atoms with Crippen LogP contribution in [0.3, 0.4) is 0 Å². The van der Waals surface area contributed by atoms with Gasteiger partial charge in [-0.25, -0.2) is 0 Å². The number of ether oxygens (including phenoxy) is 2. The lowest BCUT2D eigenvalue weighted by Gasteiger charge is -2.25. The van der Waals surface area contributed by atoms with Gasteiger partial charge in [0.25, 0.3) is 0 Å². The molecule has 4 heteroatoms. The van der Waals surface area contributed by atoms with E-state index in [0.717, 1.165) is 13.0 Å². The summed E-state index contributed by atoms with van der Waals surface area (Å²) in [6.07, 6.45) is 1.61. The number of nitrogens with one attached hydrogen (secondary N) is 1. The first-order valence-corrected chi connectivity index (χ1v) is 6.50. The standard InChI is InChI=1S/C13H27NO3/c1-6-13(4,5)17-10-9-11(14-7-2)12(15)16-8-3/h11,14H,6-10H2,1-5H3. The highest BCUT2D eigenvalue weighted by molar-refractivity contribution is 5.75. The number of esters is 1. The maximum absolute atomic E-state index is 11.6. The zero-order chi connectivity index (χ0) is 13.3. The fourth-order valence-corrected chi connectivity index (χ4v) is 1.35. The number of likely N-dealkylation sites (N-methyl/N-ethyl adjacent to an activating group) is 1. The average molecular weight is 245 g/mol. The van der Waals surface area contributed by atoms with Crippen molar-refractivity contribution in [2.75, 3.05) is 19.8 Å². The van der Waals surface area contributed by atoms with Crippen LogP contribution in [0.2, 0.25) is 0 Å². The highest BCUT2D eigenvalue weighted by atomic mass is 16.5. The van der Waals surface area contributed by atoms with Crippen LogP contribution in [0.1, 0.15) is 47.5 Å². The second-order valence-electron chi connectivity index (χ2n) is 4.61. The zero-order valence-corrected chi connectivity index (χ0v) is 11.8. The van der Waals surface area contributed by atoms with E-state index in [1.807, 2.05) is 13.8 Å². The average Bonchev–Trinajstić information content (AvgIpc) is 2.28. The minimum Gasteiger partial charge on any atom is -0.465 e. The highest BCUT2D eigenvalue weighted by Gasteiger charge is 2.21. The van der Waals surface area contributed by atoms with Gasteiger partial charge in [-0.05, 0) is 40.2 Å². The molecule has 0 aromatic heterocycles. The molecule has 0 bridgehead atoms. The largest absolute Gasteiger partial charge is 0.465 e. The summed E-state index contributed by atoms with van der Waals surface area (Å²) in [6, 6.07) is -0.257. The van der Waals surface area contributed by atoms with Gasteiger partial charge in [-0.2, -0.15) is 0 Å².